The van der Waals surface area contributed by atoms with Crippen molar-refractivity contribution in [3.05, 3.63) is 51.2 Å². The third-order valence-electron chi connectivity index (χ3n) is 2.10. The third kappa shape index (κ3) is 3.01. The van der Waals surface area contributed by atoms with Crippen LogP contribution in [0.3, 0.4) is 0 Å². The molecule has 16 heavy (non-hydrogen) atoms. The lowest BCUT2D eigenvalue weighted by Gasteiger charge is -2.03. The Morgan fingerprint density at radius 3 is 2.94 bits per heavy atom. The number of hydrogen-bond acceptors (Lipinski definition) is 3. The monoisotopic (exact) mass is 256 g/mol. The summed E-state index contributed by atoms with van der Waals surface area (Å²) < 4.78 is 13.1. The van der Waals surface area contributed by atoms with Crippen LogP contribution in [0.25, 0.3) is 0 Å². The van der Waals surface area contributed by atoms with E-state index in [9.17, 15) is 4.39 Å². The number of rotatable bonds is 4. The zero-order valence-electron chi connectivity index (χ0n) is 8.41. The number of aromatic nitrogens is 1. The maximum Gasteiger partial charge on any atom is 0.142 e. The highest BCUT2D eigenvalue weighted by atomic mass is 35.5. The van der Waals surface area contributed by atoms with Gasteiger partial charge in [0.05, 0.1) is 16.2 Å². The van der Waals surface area contributed by atoms with Crippen LogP contribution in [0.2, 0.25) is 5.02 Å². The Kier molecular flexibility index (Phi) is 3.88. The molecule has 84 valence electrons. The molecule has 0 aliphatic heterocycles. The zero-order valence-corrected chi connectivity index (χ0v) is 9.98. The summed E-state index contributed by atoms with van der Waals surface area (Å²) >= 11 is 7.15. The largest absolute Gasteiger partial charge is 0.307 e. The van der Waals surface area contributed by atoms with Crippen molar-refractivity contribution < 1.29 is 4.39 Å². The van der Waals surface area contributed by atoms with E-state index in [4.69, 9.17) is 11.6 Å². The predicted octanol–water partition coefficient (Wildman–Crippen LogP) is 3.23. The third-order valence-corrected chi connectivity index (χ3v) is 3.04. The normalized spacial score (nSPS) is 10.6. The maximum atomic E-state index is 13.1. The van der Waals surface area contributed by atoms with E-state index in [-0.39, 0.29) is 10.8 Å². The molecular formula is C11H10ClFN2S. The minimum absolute atomic E-state index is 0.156. The van der Waals surface area contributed by atoms with E-state index in [2.05, 4.69) is 10.3 Å². The van der Waals surface area contributed by atoms with Crippen LogP contribution >= 0.6 is 22.9 Å². The molecule has 2 nitrogen and oxygen atoms in total. The summed E-state index contributed by atoms with van der Waals surface area (Å²) in [5, 5.41) is 5.32. The predicted molar refractivity (Wildman–Crippen MR) is 64.1 cm³/mol. The van der Waals surface area contributed by atoms with Crippen LogP contribution in [0.5, 0.6) is 0 Å². The van der Waals surface area contributed by atoms with E-state index in [1.807, 2.05) is 5.38 Å². The molecule has 0 aliphatic rings. The first-order chi connectivity index (χ1) is 7.75. The first-order valence-electron chi connectivity index (χ1n) is 4.77. The quantitative estimate of drug-likeness (QED) is 0.909. The molecule has 0 radical (unpaired) electrons. The Labute approximate surface area is 102 Å². The fraction of sp³-hybridized carbons (Fsp3) is 0.182. The van der Waals surface area contributed by atoms with Crippen molar-refractivity contribution in [1.29, 1.82) is 0 Å². The van der Waals surface area contributed by atoms with Gasteiger partial charge in [0.1, 0.15) is 5.82 Å². The van der Waals surface area contributed by atoms with Crippen molar-refractivity contribution in [2.45, 2.75) is 13.1 Å². The fourth-order valence-corrected chi connectivity index (χ4v) is 1.99. The molecule has 0 amide bonds. The van der Waals surface area contributed by atoms with Gasteiger partial charge in [-0.3, -0.25) is 0 Å². The number of benzene rings is 1. The van der Waals surface area contributed by atoms with Crippen molar-refractivity contribution in [3.63, 3.8) is 0 Å². The number of hydrogen-bond donors (Lipinski definition) is 1. The van der Waals surface area contributed by atoms with Crippen LogP contribution in [0.1, 0.15) is 11.3 Å². The number of thiazole rings is 1. The molecule has 1 aromatic carbocycles. The van der Waals surface area contributed by atoms with E-state index in [1.165, 1.54) is 6.07 Å². The smallest absolute Gasteiger partial charge is 0.142 e. The Hall–Kier alpha value is -0.970. The highest BCUT2D eigenvalue weighted by Crippen LogP contribution is 2.15. The standard InChI is InChI=1S/C11H10ClFN2S/c12-10-2-1-8(3-11(10)13)4-14-5-9-6-16-7-15-9/h1-3,6-7,14H,4-5H2. The highest BCUT2D eigenvalue weighted by Gasteiger charge is 2.01. The van der Waals surface area contributed by atoms with Crippen molar-refractivity contribution in [1.82, 2.24) is 10.3 Å². The lowest BCUT2D eigenvalue weighted by molar-refractivity contribution is 0.620. The Morgan fingerprint density at radius 2 is 2.25 bits per heavy atom. The molecule has 0 spiro atoms. The molecule has 0 unspecified atom stereocenters. The van der Waals surface area contributed by atoms with E-state index in [1.54, 1.807) is 29.0 Å². The molecule has 2 aromatic rings. The van der Waals surface area contributed by atoms with Gasteiger partial charge in [-0.15, -0.1) is 11.3 Å². The van der Waals surface area contributed by atoms with Gasteiger partial charge in [-0.2, -0.15) is 0 Å². The van der Waals surface area contributed by atoms with Gasteiger partial charge in [-0.25, -0.2) is 9.37 Å². The summed E-state index contributed by atoms with van der Waals surface area (Å²) in [6.45, 7) is 1.29. The van der Waals surface area contributed by atoms with Gasteiger partial charge >= 0.3 is 0 Å². The fourth-order valence-electron chi connectivity index (χ4n) is 1.31. The molecule has 0 saturated heterocycles. The first kappa shape index (κ1) is 11.5. The van der Waals surface area contributed by atoms with Crippen LogP contribution in [0.4, 0.5) is 4.39 Å². The van der Waals surface area contributed by atoms with E-state index < -0.39 is 0 Å². The SMILES string of the molecule is Fc1cc(CNCc2cscn2)ccc1Cl. The van der Waals surface area contributed by atoms with Crippen LogP contribution in [0.15, 0.2) is 29.1 Å². The van der Waals surface area contributed by atoms with Crippen LogP contribution in [-0.4, -0.2) is 4.98 Å². The summed E-state index contributed by atoms with van der Waals surface area (Å²) in [6, 6.07) is 4.81. The van der Waals surface area contributed by atoms with Gasteiger partial charge in [0.25, 0.3) is 0 Å². The Balaban J connectivity index is 1.87. The molecule has 1 N–H and O–H groups in total. The number of nitrogens with one attached hydrogen (secondary N) is 1. The van der Waals surface area contributed by atoms with Crippen molar-refractivity contribution in [3.8, 4) is 0 Å². The van der Waals surface area contributed by atoms with Gasteiger partial charge in [-0.05, 0) is 17.7 Å². The lowest BCUT2D eigenvalue weighted by atomic mass is 10.2. The molecule has 2 rings (SSSR count). The van der Waals surface area contributed by atoms with Crippen molar-refractivity contribution in [2.75, 3.05) is 0 Å². The average molecular weight is 257 g/mol. The molecule has 0 aliphatic carbocycles. The van der Waals surface area contributed by atoms with Crippen molar-refractivity contribution >= 4 is 22.9 Å². The topological polar surface area (TPSA) is 24.9 Å². The summed E-state index contributed by atoms with van der Waals surface area (Å²) in [5.41, 5.74) is 3.66. The lowest BCUT2D eigenvalue weighted by Crippen LogP contribution is -2.12. The molecule has 1 heterocycles. The van der Waals surface area contributed by atoms with E-state index in [0.717, 1.165) is 11.3 Å². The van der Waals surface area contributed by atoms with Crippen LogP contribution in [0, 0.1) is 5.82 Å². The van der Waals surface area contributed by atoms with Gasteiger partial charge in [-0.1, -0.05) is 17.7 Å². The number of nitrogens with zero attached hydrogens (tertiary/aromatic N) is 1. The average Bonchev–Trinajstić information content (AvgIpc) is 2.76. The second kappa shape index (κ2) is 5.39. The van der Waals surface area contributed by atoms with Crippen LogP contribution < -0.4 is 5.32 Å². The molecule has 0 bridgehead atoms. The number of halogens is 2. The first-order valence-corrected chi connectivity index (χ1v) is 6.09. The molecule has 0 atom stereocenters. The molecule has 0 saturated carbocycles. The second-order valence-electron chi connectivity index (χ2n) is 3.33. The Morgan fingerprint density at radius 1 is 1.38 bits per heavy atom. The minimum Gasteiger partial charge on any atom is -0.307 e. The van der Waals surface area contributed by atoms with Gasteiger partial charge in [0.2, 0.25) is 0 Å². The van der Waals surface area contributed by atoms with E-state index in [0.29, 0.717) is 13.1 Å². The summed E-state index contributed by atoms with van der Waals surface area (Å²) in [7, 11) is 0. The summed E-state index contributed by atoms with van der Waals surface area (Å²) in [5.74, 6) is -0.380. The van der Waals surface area contributed by atoms with Gasteiger partial charge < -0.3 is 5.32 Å². The molecule has 1 aromatic heterocycles. The maximum absolute atomic E-state index is 13.1. The van der Waals surface area contributed by atoms with Crippen LogP contribution in [-0.2, 0) is 13.1 Å². The van der Waals surface area contributed by atoms with E-state index >= 15 is 0 Å². The molecule has 5 heteroatoms. The van der Waals surface area contributed by atoms with Gasteiger partial charge in [0, 0.05) is 18.5 Å². The minimum atomic E-state index is -0.380. The zero-order chi connectivity index (χ0) is 11.4. The summed E-state index contributed by atoms with van der Waals surface area (Å²) in [4.78, 5) is 4.14. The highest BCUT2D eigenvalue weighted by molar-refractivity contribution is 7.07. The van der Waals surface area contributed by atoms with Gasteiger partial charge in [0.15, 0.2) is 0 Å². The Bertz CT molecular complexity index is 459. The molecule has 0 fully saturated rings. The summed E-state index contributed by atoms with van der Waals surface area (Å²) in [6.07, 6.45) is 0. The van der Waals surface area contributed by atoms with Crippen molar-refractivity contribution in [2.24, 2.45) is 0 Å². The molecular weight excluding hydrogens is 247 g/mol. The second-order valence-corrected chi connectivity index (χ2v) is 4.46.